The predicted octanol–water partition coefficient (Wildman–Crippen LogP) is 4.70. The Morgan fingerprint density at radius 3 is 1.62 bits per heavy atom. The number of piperidine rings is 1. The maximum atomic E-state index is 12.2. The van der Waals surface area contributed by atoms with E-state index in [0.29, 0.717) is 79.1 Å². The van der Waals surface area contributed by atoms with Gasteiger partial charge in [-0.05, 0) is 91.8 Å². The second-order valence-electron chi connectivity index (χ2n) is 17.4. The molecule has 1 saturated heterocycles. The van der Waals surface area contributed by atoms with Crippen molar-refractivity contribution in [2.75, 3.05) is 47.5 Å². The molecular weight excluding hydrogens is 899 g/mol. The minimum absolute atomic E-state index is 0.0293. The number of allylic oxidation sites excluding steroid dienone is 8. The van der Waals surface area contributed by atoms with Gasteiger partial charge in [0.1, 0.15) is 23.2 Å². The molecule has 0 amide bonds. The quantitative estimate of drug-likeness (QED) is 0.181. The highest BCUT2D eigenvalue weighted by atomic mass is 32.2. The SMILES string of the molecule is CC1(C)/C(=C/C=C2\CCC/C(=C\C=C3/N(CCCS(=O)(=O)O)c4ccc(S(=O)(=O)O)cc4C3(C)C)C2=[N+]2CCC(C(=O)O)CC2)N(CCCS(=O)(=O)[O-])c2ccc(S(=O)(=O)[O-])cc21. The lowest BCUT2D eigenvalue weighted by Crippen LogP contribution is -2.36. The Morgan fingerprint density at radius 1 is 0.730 bits per heavy atom. The third-order valence-electron chi connectivity index (χ3n) is 12.4. The highest BCUT2D eigenvalue weighted by Gasteiger charge is 2.42. The summed E-state index contributed by atoms with van der Waals surface area (Å²) in [6.07, 6.45) is 10.4. The zero-order chi connectivity index (χ0) is 46.5. The molecule has 1 aliphatic carbocycles. The first kappa shape index (κ1) is 48.2. The number of nitrogens with zero attached hydrogens (tertiary/aromatic N) is 3. The normalized spacial score (nSPS) is 23.0. The average Bonchev–Trinajstić information content (AvgIpc) is 3.51. The molecule has 6 rings (SSSR count). The van der Waals surface area contributed by atoms with Crippen molar-refractivity contribution < 1.29 is 66.4 Å². The number of carboxylic acids is 1. The number of carboxylic acid groups (broad SMARTS) is 1. The van der Waals surface area contributed by atoms with Crippen molar-refractivity contribution in [2.24, 2.45) is 5.92 Å². The van der Waals surface area contributed by atoms with Gasteiger partial charge < -0.3 is 24.0 Å². The second-order valence-corrected chi connectivity index (χ2v) is 23.3. The molecular formula is C42H52N3O14S4-. The monoisotopic (exact) mass is 950 g/mol. The van der Waals surface area contributed by atoms with Crippen molar-refractivity contribution in [3.05, 3.63) is 94.4 Å². The first-order valence-electron chi connectivity index (χ1n) is 20.4. The van der Waals surface area contributed by atoms with Gasteiger partial charge in [-0.25, -0.2) is 21.4 Å². The molecule has 0 bridgehead atoms. The largest absolute Gasteiger partial charge is 0.748 e. The molecule has 0 atom stereocenters. The van der Waals surface area contributed by atoms with E-state index in [1.54, 1.807) is 6.07 Å². The summed E-state index contributed by atoms with van der Waals surface area (Å²) < 4.78 is 140. The Kier molecular flexibility index (Phi) is 13.5. The molecule has 3 aliphatic heterocycles. The van der Waals surface area contributed by atoms with E-state index >= 15 is 0 Å². The van der Waals surface area contributed by atoms with Crippen molar-refractivity contribution in [3.8, 4) is 0 Å². The highest BCUT2D eigenvalue weighted by Crippen LogP contribution is 2.50. The van der Waals surface area contributed by atoms with Crippen molar-refractivity contribution >= 4 is 63.5 Å². The molecule has 1 saturated carbocycles. The third kappa shape index (κ3) is 10.7. The first-order valence-corrected chi connectivity index (χ1v) is 26.5. The van der Waals surface area contributed by atoms with E-state index in [1.165, 1.54) is 30.3 Å². The summed E-state index contributed by atoms with van der Waals surface area (Å²) in [7, 11) is -18.2. The molecule has 2 fully saturated rings. The van der Waals surface area contributed by atoms with Crippen LogP contribution >= 0.6 is 0 Å². The minimum atomic E-state index is -4.82. The zero-order valence-corrected chi connectivity index (χ0v) is 38.6. The molecule has 0 aromatic heterocycles. The summed E-state index contributed by atoms with van der Waals surface area (Å²) in [4.78, 5) is 14.9. The summed E-state index contributed by atoms with van der Waals surface area (Å²) in [5, 5.41) is 9.81. The van der Waals surface area contributed by atoms with Crippen LogP contribution in [0, 0.1) is 5.92 Å². The highest BCUT2D eigenvalue weighted by molar-refractivity contribution is 7.86. The van der Waals surface area contributed by atoms with E-state index in [2.05, 4.69) is 4.58 Å². The van der Waals surface area contributed by atoms with Crippen LogP contribution in [0.15, 0.2) is 93.0 Å². The van der Waals surface area contributed by atoms with Gasteiger partial charge in [-0.3, -0.25) is 13.9 Å². The molecule has 0 unspecified atom stereocenters. The van der Waals surface area contributed by atoms with Crippen LogP contribution in [-0.2, 0) is 56.1 Å². The summed E-state index contributed by atoms with van der Waals surface area (Å²) in [5.74, 6) is -2.54. The fraction of sp³-hybridized carbons (Fsp3) is 0.476. The molecule has 4 aliphatic rings. The van der Waals surface area contributed by atoms with E-state index < -0.39 is 79.6 Å². The van der Waals surface area contributed by atoms with Crippen LogP contribution in [-0.4, -0.2) is 111 Å². The van der Waals surface area contributed by atoms with Crippen molar-refractivity contribution in [2.45, 2.75) is 93.3 Å². The minimum Gasteiger partial charge on any atom is -0.748 e. The predicted molar refractivity (Wildman–Crippen MR) is 233 cm³/mol. The molecule has 2 aromatic carbocycles. The maximum Gasteiger partial charge on any atom is 0.306 e. The van der Waals surface area contributed by atoms with Gasteiger partial charge in [-0.2, -0.15) is 16.8 Å². The molecule has 3 N–H and O–H groups in total. The van der Waals surface area contributed by atoms with Gasteiger partial charge in [0, 0.05) is 76.4 Å². The lowest BCUT2D eigenvalue weighted by atomic mass is 9.82. The molecule has 17 nitrogen and oxygen atoms in total. The first-order chi connectivity index (χ1) is 29.1. The molecule has 344 valence electrons. The Morgan fingerprint density at radius 2 is 1.19 bits per heavy atom. The maximum absolute atomic E-state index is 12.2. The molecule has 2 aromatic rings. The molecule has 0 radical (unpaired) electrons. The van der Waals surface area contributed by atoms with Gasteiger partial charge in [-0.15, -0.1) is 0 Å². The fourth-order valence-electron chi connectivity index (χ4n) is 9.26. The number of rotatable bonds is 13. The average molecular weight is 951 g/mol. The number of fused-ring (bicyclic) bond motifs is 2. The van der Waals surface area contributed by atoms with Crippen molar-refractivity contribution in [1.82, 2.24) is 0 Å². The van der Waals surface area contributed by atoms with Crippen LogP contribution < -0.4 is 9.80 Å². The molecule has 3 heterocycles. The van der Waals surface area contributed by atoms with Gasteiger partial charge in [0.2, 0.25) is 5.71 Å². The zero-order valence-electron chi connectivity index (χ0n) is 35.4. The van der Waals surface area contributed by atoms with Gasteiger partial charge in [0.05, 0.1) is 31.6 Å². The van der Waals surface area contributed by atoms with Crippen molar-refractivity contribution in [3.63, 3.8) is 0 Å². The van der Waals surface area contributed by atoms with Crippen LogP contribution in [0.5, 0.6) is 0 Å². The van der Waals surface area contributed by atoms with Gasteiger partial charge in [0.25, 0.3) is 20.2 Å². The third-order valence-corrected chi connectivity index (χ3v) is 15.7. The van der Waals surface area contributed by atoms with Crippen LogP contribution in [0.2, 0.25) is 0 Å². The molecule has 0 spiro atoms. The number of benzene rings is 2. The lowest BCUT2D eigenvalue weighted by Gasteiger charge is -2.28. The number of hydrogen-bond acceptors (Lipinski definition) is 13. The summed E-state index contributed by atoms with van der Waals surface area (Å²) >= 11 is 0. The summed E-state index contributed by atoms with van der Waals surface area (Å²) in [6, 6.07) is 8.22. The molecule has 63 heavy (non-hydrogen) atoms. The van der Waals surface area contributed by atoms with E-state index in [1.807, 2.05) is 61.8 Å². The van der Waals surface area contributed by atoms with E-state index in [-0.39, 0.29) is 30.8 Å². The number of carbonyl (C=O) groups is 1. The Hall–Kier alpha value is -4.22. The number of anilines is 2. The number of aliphatic carboxylic acids is 1. The van der Waals surface area contributed by atoms with E-state index in [4.69, 9.17) is 0 Å². The van der Waals surface area contributed by atoms with Gasteiger partial charge in [-0.1, -0.05) is 39.8 Å². The van der Waals surface area contributed by atoms with Gasteiger partial charge in [0.15, 0.2) is 0 Å². The number of hydrogen-bond donors (Lipinski definition) is 3. The summed E-state index contributed by atoms with van der Waals surface area (Å²) in [6.45, 7) is 8.57. The Bertz CT molecular complexity index is 2640. The second kappa shape index (κ2) is 17.6. The van der Waals surface area contributed by atoms with Gasteiger partial charge >= 0.3 is 5.97 Å². The topological polar surface area (TPSA) is 270 Å². The Labute approximate surface area is 369 Å². The Balaban J connectivity index is 1.48. The molecule has 21 heteroatoms. The van der Waals surface area contributed by atoms with Crippen LogP contribution in [0.4, 0.5) is 11.4 Å². The standard InChI is InChI=1S/C42H53N3O14S4/c1-41(2)33-26-31(62(54,55)56)12-14-35(33)44(20-6-24-60(48,49)50)37(41)16-10-28-8-5-9-29(39(28)43-22-18-30(19-23-43)40(46)47)11-17-38-42(3,4)34-27-32(63(57,58)59)13-15-36(34)45(38)21-7-25-61(51,52)53/h10-17,26-27,30H,5-9,18-25H2,1-4H3,(H4-,46,47,48,49,50,51,52,53,54,55,56,57,58,59)/p-1. The lowest BCUT2D eigenvalue weighted by molar-refractivity contribution is -0.539. The van der Waals surface area contributed by atoms with Crippen molar-refractivity contribution in [1.29, 1.82) is 0 Å². The summed E-state index contributed by atoms with van der Waals surface area (Å²) in [5.41, 5.74) is 4.54. The van der Waals surface area contributed by atoms with Crippen LogP contribution in [0.1, 0.15) is 83.8 Å². The van der Waals surface area contributed by atoms with Crippen LogP contribution in [0.3, 0.4) is 0 Å². The van der Waals surface area contributed by atoms with E-state index in [9.17, 15) is 61.8 Å². The van der Waals surface area contributed by atoms with E-state index in [0.717, 1.165) is 16.9 Å². The van der Waals surface area contributed by atoms with Crippen LogP contribution in [0.25, 0.3) is 0 Å². The fourth-order valence-corrected chi connectivity index (χ4v) is 11.2. The smallest absolute Gasteiger partial charge is 0.306 e.